The van der Waals surface area contributed by atoms with Gasteiger partial charge in [0.1, 0.15) is 0 Å². The highest BCUT2D eigenvalue weighted by molar-refractivity contribution is 4.94. The minimum Gasteiger partial charge on any atom is -0.313 e. The molecule has 2 bridgehead atoms. The van der Waals surface area contributed by atoms with Crippen LogP contribution in [0.25, 0.3) is 0 Å². The van der Waals surface area contributed by atoms with E-state index in [2.05, 4.69) is 31.1 Å². The molecule has 3 saturated carbocycles. The van der Waals surface area contributed by atoms with E-state index < -0.39 is 0 Å². The summed E-state index contributed by atoms with van der Waals surface area (Å²) < 4.78 is 0. The topological polar surface area (TPSA) is 15.3 Å². The Morgan fingerprint density at radius 3 is 2.55 bits per heavy atom. The fraction of sp³-hybridized carbons (Fsp3) is 1.00. The van der Waals surface area contributed by atoms with Crippen molar-refractivity contribution < 1.29 is 0 Å². The summed E-state index contributed by atoms with van der Waals surface area (Å²) in [5.41, 5.74) is 0. The molecular formula is C18H34N2. The van der Waals surface area contributed by atoms with E-state index in [9.17, 15) is 0 Å². The molecule has 3 rings (SSSR count). The molecule has 2 nitrogen and oxygen atoms in total. The van der Waals surface area contributed by atoms with Gasteiger partial charge in [0, 0.05) is 18.6 Å². The Labute approximate surface area is 125 Å². The van der Waals surface area contributed by atoms with Crippen LogP contribution in [0.2, 0.25) is 0 Å². The quantitative estimate of drug-likeness (QED) is 0.828. The van der Waals surface area contributed by atoms with Gasteiger partial charge in [-0.3, -0.25) is 0 Å². The molecule has 0 aromatic heterocycles. The number of hydrogen-bond donors (Lipinski definition) is 1. The lowest BCUT2D eigenvalue weighted by Crippen LogP contribution is -2.53. The van der Waals surface area contributed by atoms with Crippen molar-refractivity contribution in [3.05, 3.63) is 0 Å². The molecule has 0 aliphatic heterocycles. The molecule has 0 spiro atoms. The summed E-state index contributed by atoms with van der Waals surface area (Å²) in [6.45, 7) is 7.18. The average molecular weight is 278 g/mol. The van der Waals surface area contributed by atoms with Gasteiger partial charge in [-0.15, -0.1) is 0 Å². The number of hydrogen-bond acceptors (Lipinski definition) is 2. The maximum Gasteiger partial charge on any atom is 0.0248 e. The molecule has 2 heteroatoms. The molecule has 6 atom stereocenters. The van der Waals surface area contributed by atoms with Crippen molar-refractivity contribution in [1.29, 1.82) is 0 Å². The van der Waals surface area contributed by atoms with Gasteiger partial charge in [0.25, 0.3) is 0 Å². The lowest BCUT2D eigenvalue weighted by atomic mass is 9.81. The predicted molar refractivity (Wildman–Crippen MR) is 85.8 cm³/mol. The number of likely N-dealkylation sites (N-methyl/N-ethyl adjacent to an activating group) is 2. The molecule has 3 aliphatic carbocycles. The van der Waals surface area contributed by atoms with Crippen LogP contribution in [0.4, 0.5) is 0 Å². The highest BCUT2D eigenvalue weighted by atomic mass is 15.2. The SMILES string of the molecule is CCNC1CCC(C)CC1N(C)CC1CC2CCC1C2. The van der Waals surface area contributed by atoms with Crippen LogP contribution in [-0.2, 0) is 0 Å². The van der Waals surface area contributed by atoms with Crippen LogP contribution in [-0.4, -0.2) is 37.1 Å². The van der Waals surface area contributed by atoms with Crippen molar-refractivity contribution >= 4 is 0 Å². The zero-order chi connectivity index (χ0) is 14.1. The largest absolute Gasteiger partial charge is 0.313 e. The van der Waals surface area contributed by atoms with E-state index in [1.807, 2.05) is 0 Å². The maximum atomic E-state index is 3.75. The van der Waals surface area contributed by atoms with E-state index in [1.165, 1.54) is 45.1 Å². The lowest BCUT2D eigenvalue weighted by Gasteiger charge is -2.42. The van der Waals surface area contributed by atoms with Gasteiger partial charge >= 0.3 is 0 Å². The Bertz CT molecular complexity index is 317. The second-order valence-electron chi connectivity index (χ2n) is 8.02. The molecule has 3 fully saturated rings. The van der Waals surface area contributed by atoms with Crippen molar-refractivity contribution in [2.24, 2.45) is 23.7 Å². The van der Waals surface area contributed by atoms with Crippen LogP contribution in [0.3, 0.4) is 0 Å². The van der Waals surface area contributed by atoms with Gasteiger partial charge < -0.3 is 10.2 Å². The summed E-state index contributed by atoms with van der Waals surface area (Å²) in [6, 6.07) is 1.51. The third kappa shape index (κ3) is 3.06. The van der Waals surface area contributed by atoms with Crippen LogP contribution in [0.15, 0.2) is 0 Å². The summed E-state index contributed by atoms with van der Waals surface area (Å²) in [4.78, 5) is 2.73. The first-order chi connectivity index (χ1) is 9.67. The standard InChI is InChI=1S/C18H34N2/c1-4-19-17-8-5-13(2)9-18(17)20(3)12-16-11-14-6-7-15(16)10-14/h13-19H,4-12H2,1-3H3. The Hall–Kier alpha value is -0.0800. The fourth-order valence-electron chi connectivity index (χ4n) is 5.44. The van der Waals surface area contributed by atoms with Crippen molar-refractivity contribution in [2.45, 2.75) is 70.9 Å². The van der Waals surface area contributed by atoms with E-state index in [1.54, 1.807) is 6.42 Å². The molecule has 0 amide bonds. The molecule has 0 aromatic carbocycles. The highest BCUT2D eigenvalue weighted by Crippen LogP contribution is 2.48. The van der Waals surface area contributed by atoms with Gasteiger partial charge in [0.05, 0.1) is 0 Å². The first-order valence-electron chi connectivity index (χ1n) is 9.11. The third-order valence-corrected chi connectivity index (χ3v) is 6.52. The van der Waals surface area contributed by atoms with Gasteiger partial charge in [0.15, 0.2) is 0 Å². The van der Waals surface area contributed by atoms with Gasteiger partial charge in [-0.1, -0.05) is 20.3 Å². The van der Waals surface area contributed by atoms with Crippen LogP contribution in [0.5, 0.6) is 0 Å². The van der Waals surface area contributed by atoms with E-state index >= 15 is 0 Å². The summed E-state index contributed by atoms with van der Waals surface area (Å²) in [6.07, 6.45) is 10.3. The number of rotatable bonds is 5. The monoisotopic (exact) mass is 278 g/mol. The molecule has 0 radical (unpaired) electrons. The van der Waals surface area contributed by atoms with Crippen molar-refractivity contribution in [1.82, 2.24) is 10.2 Å². The molecule has 3 aliphatic rings. The Kier molecular flexibility index (Phi) is 4.72. The molecule has 6 unspecified atom stereocenters. The smallest absolute Gasteiger partial charge is 0.0248 e. The molecule has 0 aromatic rings. The zero-order valence-electron chi connectivity index (χ0n) is 13.8. The van der Waals surface area contributed by atoms with Crippen LogP contribution in [0.1, 0.15) is 58.8 Å². The number of nitrogens with zero attached hydrogens (tertiary/aromatic N) is 1. The average Bonchev–Trinajstić information content (AvgIpc) is 3.03. The van der Waals surface area contributed by atoms with Gasteiger partial charge in [-0.05, 0) is 75.8 Å². The predicted octanol–water partition coefficient (Wildman–Crippen LogP) is 3.52. The van der Waals surface area contributed by atoms with Crippen molar-refractivity contribution in [3.8, 4) is 0 Å². The summed E-state index contributed by atoms with van der Waals surface area (Å²) in [5, 5.41) is 3.75. The summed E-state index contributed by atoms with van der Waals surface area (Å²) in [7, 11) is 2.40. The number of fused-ring (bicyclic) bond motifs is 2. The second-order valence-corrected chi connectivity index (χ2v) is 8.02. The van der Waals surface area contributed by atoms with Crippen molar-refractivity contribution in [2.75, 3.05) is 20.1 Å². The molecule has 0 saturated heterocycles. The van der Waals surface area contributed by atoms with Crippen LogP contribution < -0.4 is 5.32 Å². The van der Waals surface area contributed by atoms with Gasteiger partial charge in [-0.2, -0.15) is 0 Å². The van der Waals surface area contributed by atoms with Gasteiger partial charge in [0.2, 0.25) is 0 Å². The Balaban J connectivity index is 1.57. The fourth-order valence-corrected chi connectivity index (χ4v) is 5.44. The molecule has 1 N–H and O–H groups in total. The lowest BCUT2D eigenvalue weighted by molar-refractivity contribution is 0.0984. The van der Waals surface area contributed by atoms with E-state index in [0.29, 0.717) is 0 Å². The van der Waals surface area contributed by atoms with Crippen molar-refractivity contribution in [3.63, 3.8) is 0 Å². The Morgan fingerprint density at radius 1 is 1.05 bits per heavy atom. The molecular weight excluding hydrogens is 244 g/mol. The Morgan fingerprint density at radius 2 is 1.90 bits per heavy atom. The van der Waals surface area contributed by atoms with E-state index in [0.717, 1.165) is 42.3 Å². The number of nitrogens with one attached hydrogen (secondary N) is 1. The third-order valence-electron chi connectivity index (χ3n) is 6.52. The molecule has 0 heterocycles. The van der Waals surface area contributed by atoms with Crippen LogP contribution in [0, 0.1) is 23.7 Å². The minimum absolute atomic E-state index is 0.736. The zero-order valence-corrected chi connectivity index (χ0v) is 13.8. The first-order valence-corrected chi connectivity index (χ1v) is 9.11. The summed E-state index contributed by atoms with van der Waals surface area (Å²) >= 11 is 0. The summed E-state index contributed by atoms with van der Waals surface area (Å²) in [5.74, 6) is 4.09. The molecule has 116 valence electrons. The van der Waals surface area contributed by atoms with E-state index in [4.69, 9.17) is 0 Å². The highest BCUT2D eigenvalue weighted by Gasteiger charge is 2.41. The van der Waals surface area contributed by atoms with Gasteiger partial charge in [-0.25, -0.2) is 0 Å². The first kappa shape index (κ1) is 14.8. The van der Waals surface area contributed by atoms with Crippen LogP contribution >= 0.6 is 0 Å². The minimum atomic E-state index is 0.736. The second kappa shape index (κ2) is 6.36. The normalized spacial score (nSPS) is 44.4. The molecule has 20 heavy (non-hydrogen) atoms. The maximum absolute atomic E-state index is 3.75. The van der Waals surface area contributed by atoms with E-state index in [-0.39, 0.29) is 0 Å².